The van der Waals surface area contributed by atoms with Gasteiger partial charge in [0.05, 0.1) is 12.7 Å². The van der Waals surface area contributed by atoms with Crippen molar-refractivity contribution in [1.29, 1.82) is 0 Å². The van der Waals surface area contributed by atoms with Gasteiger partial charge >= 0.3 is 0 Å². The summed E-state index contributed by atoms with van der Waals surface area (Å²) in [5.41, 5.74) is 0. The molecule has 1 rings (SSSR count). The van der Waals surface area contributed by atoms with E-state index in [4.69, 9.17) is 29.3 Å². The van der Waals surface area contributed by atoms with Crippen molar-refractivity contribution in [2.75, 3.05) is 26.7 Å². The highest BCUT2D eigenvalue weighted by Crippen LogP contribution is 2.36. The number of hydrogen-bond acceptors (Lipinski definition) is 5. The molecule has 0 aromatic rings. The zero-order valence-corrected chi connectivity index (χ0v) is 41.9. The molecule has 0 spiro atoms. The molecular formula is C53H109NO6. The van der Waals surface area contributed by atoms with E-state index in [-0.39, 0.29) is 24.8 Å². The molecule has 0 aliphatic carbocycles. The fraction of sp³-hybridized carbons (Fsp3) is 0.962. The second-order valence-electron chi connectivity index (χ2n) is 18.2. The van der Waals surface area contributed by atoms with Gasteiger partial charge in [-0.05, 0) is 44.7 Å². The third-order valence-corrected chi connectivity index (χ3v) is 12.8. The lowest BCUT2D eigenvalue weighted by Crippen LogP contribution is -2.32. The molecule has 0 bridgehead atoms. The van der Waals surface area contributed by atoms with Crippen LogP contribution in [0.3, 0.4) is 0 Å². The third kappa shape index (κ3) is 44.9. The van der Waals surface area contributed by atoms with Crippen molar-refractivity contribution in [3.05, 3.63) is 0 Å². The van der Waals surface area contributed by atoms with Gasteiger partial charge in [-0.25, -0.2) is 0 Å². The fourth-order valence-electron chi connectivity index (χ4n) is 8.63. The van der Waals surface area contributed by atoms with Gasteiger partial charge in [0, 0.05) is 19.4 Å². The van der Waals surface area contributed by atoms with Crippen LogP contribution in [0.4, 0.5) is 0 Å². The van der Waals surface area contributed by atoms with Crippen LogP contribution in [0, 0.1) is 11.8 Å². The Morgan fingerprint density at radius 2 is 0.833 bits per heavy atom. The van der Waals surface area contributed by atoms with Crippen molar-refractivity contribution < 1.29 is 29.3 Å². The minimum Gasteiger partial charge on any atom is -0.483 e. The van der Waals surface area contributed by atoms with Gasteiger partial charge in [0.2, 0.25) is 0 Å². The maximum absolute atomic E-state index is 8.36. The lowest BCUT2D eigenvalue weighted by atomic mass is 9.90. The van der Waals surface area contributed by atoms with Crippen LogP contribution >= 0.6 is 0 Å². The standard InChI is InChI=1S/C38H77NO2.C13H28.2CH2O2/c1-6-10-13-14-18-21-26-32-38(40-35-37(41-38)31-34-39(5)9-4)33-27-22-19-16-15-17-20-25-30-36(28-23-11-7-2)29-24-12-8-3;1-4-7-9-11-13(6-3)12-10-8-5-2;2*2-1-3/h36-37H,6-35H2,1-5H3;13H,4-12H2,1-3H3;2*1H,(H,2,3). The monoisotopic (exact) mass is 856 g/mol. The molecule has 7 nitrogen and oxygen atoms in total. The fourth-order valence-corrected chi connectivity index (χ4v) is 8.63. The smallest absolute Gasteiger partial charge is 0.290 e. The molecule has 2 atom stereocenters. The highest BCUT2D eigenvalue weighted by molar-refractivity contribution is 5.33. The summed E-state index contributed by atoms with van der Waals surface area (Å²) in [7, 11) is 2.21. The van der Waals surface area contributed by atoms with E-state index in [2.05, 4.69) is 60.4 Å². The van der Waals surface area contributed by atoms with Crippen molar-refractivity contribution in [2.24, 2.45) is 11.8 Å². The highest BCUT2D eigenvalue weighted by Gasteiger charge is 2.40. The van der Waals surface area contributed by atoms with Crippen molar-refractivity contribution >= 4 is 12.9 Å². The van der Waals surface area contributed by atoms with Gasteiger partial charge in [0.1, 0.15) is 0 Å². The van der Waals surface area contributed by atoms with Gasteiger partial charge in [-0.1, -0.05) is 248 Å². The Kier molecular flexibility index (Phi) is 54.9. The van der Waals surface area contributed by atoms with E-state index in [1.54, 1.807) is 0 Å². The molecule has 0 saturated carbocycles. The molecule has 2 unspecified atom stereocenters. The van der Waals surface area contributed by atoms with Gasteiger partial charge < -0.3 is 24.6 Å². The SMILES string of the molecule is CCCCCC(CC)CCCCC.CCCCCCCCCC1(CCCCCCCCCCC(CCCCC)CCCCC)OCC(CCN(C)CC)O1.O=CO.O=CO. The van der Waals surface area contributed by atoms with E-state index < -0.39 is 0 Å². The topological polar surface area (TPSA) is 96.3 Å². The van der Waals surface area contributed by atoms with E-state index in [1.165, 1.54) is 212 Å². The zero-order valence-electron chi connectivity index (χ0n) is 41.9. The second kappa shape index (κ2) is 52.2. The quantitative estimate of drug-likeness (QED) is 0.0468. The Bertz CT molecular complexity index is 788. The Balaban J connectivity index is -0.00000142. The maximum atomic E-state index is 8.36. The summed E-state index contributed by atoms with van der Waals surface area (Å²) < 4.78 is 13.2. The summed E-state index contributed by atoms with van der Waals surface area (Å²) in [6.07, 6.45) is 50.1. The normalized spacial score (nSPS) is 15.9. The first-order chi connectivity index (χ1) is 29.3. The van der Waals surface area contributed by atoms with Crippen LogP contribution in [0.1, 0.15) is 280 Å². The van der Waals surface area contributed by atoms with Gasteiger partial charge in [-0.3, -0.25) is 9.59 Å². The van der Waals surface area contributed by atoms with Crippen LogP contribution < -0.4 is 0 Å². The summed E-state index contributed by atoms with van der Waals surface area (Å²) in [5, 5.41) is 13.8. The number of hydrogen-bond donors (Lipinski definition) is 2. The molecule has 7 heteroatoms. The minimum absolute atomic E-state index is 0.250. The Morgan fingerprint density at radius 3 is 1.20 bits per heavy atom. The van der Waals surface area contributed by atoms with Crippen LogP contribution in [0.25, 0.3) is 0 Å². The van der Waals surface area contributed by atoms with Crippen molar-refractivity contribution in [1.82, 2.24) is 4.90 Å². The number of rotatable bonds is 40. The Hall–Kier alpha value is -1.18. The molecule has 1 aliphatic heterocycles. The molecule has 0 aromatic carbocycles. The van der Waals surface area contributed by atoms with Gasteiger partial charge in [0.25, 0.3) is 12.9 Å². The summed E-state index contributed by atoms with van der Waals surface area (Å²) in [4.78, 5) is 19.1. The van der Waals surface area contributed by atoms with E-state index >= 15 is 0 Å². The largest absolute Gasteiger partial charge is 0.483 e. The van der Waals surface area contributed by atoms with E-state index in [9.17, 15) is 0 Å². The first-order valence-corrected chi connectivity index (χ1v) is 26.4. The van der Waals surface area contributed by atoms with Gasteiger partial charge in [-0.2, -0.15) is 0 Å². The van der Waals surface area contributed by atoms with Crippen molar-refractivity contribution in [3.63, 3.8) is 0 Å². The highest BCUT2D eigenvalue weighted by atomic mass is 16.7. The van der Waals surface area contributed by atoms with Crippen molar-refractivity contribution in [3.8, 4) is 0 Å². The number of carbonyl (C=O) groups is 2. The first-order valence-electron chi connectivity index (χ1n) is 26.4. The van der Waals surface area contributed by atoms with E-state index in [1.807, 2.05) is 0 Å². The Labute approximate surface area is 376 Å². The van der Waals surface area contributed by atoms with Gasteiger partial charge in [0.15, 0.2) is 5.79 Å². The average molecular weight is 856 g/mol. The summed E-state index contributed by atoms with van der Waals surface area (Å²) in [6.45, 7) is 18.6. The zero-order chi connectivity index (χ0) is 45.2. The maximum Gasteiger partial charge on any atom is 0.290 e. The lowest BCUT2D eigenvalue weighted by Gasteiger charge is -2.29. The first kappa shape index (κ1) is 63.1. The summed E-state index contributed by atoms with van der Waals surface area (Å²) in [6, 6.07) is 0. The predicted molar refractivity (Wildman–Crippen MR) is 261 cm³/mol. The molecule has 2 N–H and O–H groups in total. The minimum atomic E-state index is -0.288. The molecule has 0 aromatic heterocycles. The van der Waals surface area contributed by atoms with Crippen LogP contribution in [0.5, 0.6) is 0 Å². The van der Waals surface area contributed by atoms with Crippen molar-refractivity contribution in [2.45, 2.75) is 292 Å². The molecule has 0 amide bonds. The van der Waals surface area contributed by atoms with Crippen LogP contribution in [-0.4, -0.2) is 66.7 Å². The van der Waals surface area contributed by atoms with Gasteiger partial charge in [-0.15, -0.1) is 0 Å². The molecule has 1 aliphatic rings. The number of nitrogens with zero attached hydrogens (tertiary/aromatic N) is 1. The van der Waals surface area contributed by atoms with E-state index in [0.29, 0.717) is 0 Å². The molecule has 60 heavy (non-hydrogen) atoms. The second-order valence-corrected chi connectivity index (χ2v) is 18.2. The molecule has 362 valence electrons. The predicted octanol–water partition coefficient (Wildman–Crippen LogP) is 16.8. The van der Waals surface area contributed by atoms with Crippen LogP contribution in [0.15, 0.2) is 0 Å². The third-order valence-electron chi connectivity index (χ3n) is 12.8. The summed E-state index contributed by atoms with van der Waals surface area (Å²) >= 11 is 0. The Morgan fingerprint density at radius 1 is 0.517 bits per heavy atom. The molecule has 0 radical (unpaired) electrons. The molecular weight excluding hydrogens is 747 g/mol. The van der Waals surface area contributed by atoms with Crippen LogP contribution in [0.2, 0.25) is 0 Å². The number of unbranched alkanes of at least 4 members (excludes halogenated alkanes) is 21. The molecule has 1 heterocycles. The molecule has 1 saturated heterocycles. The van der Waals surface area contributed by atoms with Crippen LogP contribution in [-0.2, 0) is 19.1 Å². The average Bonchev–Trinajstić information content (AvgIpc) is 3.66. The number of ether oxygens (including phenoxy) is 2. The summed E-state index contributed by atoms with van der Waals surface area (Å²) in [5.74, 6) is 1.75. The van der Waals surface area contributed by atoms with E-state index in [0.717, 1.165) is 50.8 Å². The molecule has 1 fully saturated rings. The lowest BCUT2D eigenvalue weighted by molar-refractivity contribution is -0.180. The number of carboxylic acid groups (broad SMARTS) is 2.